The van der Waals surface area contributed by atoms with E-state index in [0.29, 0.717) is 11.6 Å². The minimum Gasteiger partial charge on any atom is -0.369 e. The Morgan fingerprint density at radius 1 is 1.27 bits per heavy atom. The molecule has 120 valence electrons. The molecule has 1 aliphatic rings. The molecule has 6 heteroatoms. The standard InChI is InChI=1S/C16H22ClN3O2/c17-13-5-3-4-12(8-13)9-19-16(22)11-20(10-15(18)21)14-6-1-2-7-14/h3-5,8,14H,1-2,6-7,9-11H2,(H2,18,21)(H,19,22). The van der Waals surface area contributed by atoms with E-state index >= 15 is 0 Å². The lowest BCUT2D eigenvalue weighted by molar-refractivity contribution is -0.124. The highest BCUT2D eigenvalue weighted by Crippen LogP contribution is 2.23. The molecule has 0 unspecified atom stereocenters. The normalized spacial score (nSPS) is 15.2. The first-order chi connectivity index (χ1) is 10.5. The van der Waals surface area contributed by atoms with Gasteiger partial charge >= 0.3 is 0 Å². The van der Waals surface area contributed by atoms with Gasteiger partial charge < -0.3 is 11.1 Å². The van der Waals surface area contributed by atoms with E-state index in [1.165, 1.54) is 0 Å². The first-order valence-electron chi connectivity index (χ1n) is 7.58. The molecular weight excluding hydrogens is 302 g/mol. The number of nitrogens with zero attached hydrogens (tertiary/aromatic N) is 1. The molecule has 2 amide bonds. The lowest BCUT2D eigenvalue weighted by Gasteiger charge is -2.26. The fourth-order valence-corrected chi connectivity index (χ4v) is 3.08. The monoisotopic (exact) mass is 323 g/mol. The summed E-state index contributed by atoms with van der Waals surface area (Å²) in [6.45, 7) is 0.762. The summed E-state index contributed by atoms with van der Waals surface area (Å²) in [6.07, 6.45) is 4.33. The summed E-state index contributed by atoms with van der Waals surface area (Å²) in [6, 6.07) is 7.65. The van der Waals surface area contributed by atoms with E-state index in [0.717, 1.165) is 31.2 Å². The molecule has 3 N–H and O–H groups in total. The Labute approximate surface area is 135 Å². The number of rotatable bonds is 7. The molecule has 0 radical (unpaired) electrons. The van der Waals surface area contributed by atoms with Crippen molar-refractivity contribution in [3.63, 3.8) is 0 Å². The number of nitrogens with one attached hydrogen (secondary N) is 1. The van der Waals surface area contributed by atoms with Gasteiger partial charge in [-0.15, -0.1) is 0 Å². The Morgan fingerprint density at radius 3 is 2.64 bits per heavy atom. The molecule has 1 aliphatic carbocycles. The molecule has 0 spiro atoms. The average Bonchev–Trinajstić information content (AvgIpc) is 2.98. The van der Waals surface area contributed by atoms with Crippen LogP contribution in [-0.2, 0) is 16.1 Å². The smallest absolute Gasteiger partial charge is 0.234 e. The van der Waals surface area contributed by atoms with E-state index in [1.807, 2.05) is 23.1 Å². The summed E-state index contributed by atoms with van der Waals surface area (Å²) in [7, 11) is 0. The van der Waals surface area contributed by atoms with Gasteiger partial charge in [-0.2, -0.15) is 0 Å². The van der Waals surface area contributed by atoms with Crippen LogP contribution in [0.15, 0.2) is 24.3 Å². The predicted octanol–water partition coefficient (Wildman–Crippen LogP) is 1.69. The lowest BCUT2D eigenvalue weighted by Crippen LogP contribution is -2.45. The molecule has 5 nitrogen and oxygen atoms in total. The zero-order chi connectivity index (χ0) is 15.9. The third kappa shape index (κ3) is 5.31. The second kappa shape index (κ2) is 8.15. The summed E-state index contributed by atoms with van der Waals surface area (Å²) >= 11 is 5.92. The number of nitrogens with two attached hydrogens (primary N) is 1. The third-order valence-electron chi connectivity index (χ3n) is 3.93. The van der Waals surface area contributed by atoms with Gasteiger partial charge in [0, 0.05) is 17.6 Å². The summed E-state index contributed by atoms with van der Waals surface area (Å²) in [5, 5.41) is 3.51. The van der Waals surface area contributed by atoms with Gasteiger partial charge in [-0.1, -0.05) is 36.6 Å². The van der Waals surface area contributed by atoms with Gasteiger partial charge in [0.2, 0.25) is 11.8 Å². The Bertz CT molecular complexity index is 530. The minimum atomic E-state index is -0.394. The van der Waals surface area contributed by atoms with E-state index in [9.17, 15) is 9.59 Å². The maximum absolute atomic E-state index is 12.1. The number of benzene rings is 1. The van der Waals surface area contributed by atoms with Crippen LogP contribution < -0.4 is 11.1 Å². The zero-order valence-electron chi connectivity index (χ0n) is 12.6. The molecule has 0 saturated heterocycles. The quantitative estimate of drug-likeness (QED) is 0.801. The molecule has 0 heterocycles. The van der Waals surface area contributed by atoms with Crippen LogP contribution in [0.5, 0.6) is 0 Å². The van der Waals surface area contributed by atoms with Gasteiger partial charge in [0.15, 0.2) is 0 Å². The van der Waals surface area contributed by atoms with Crippen LogP contribution >= 0.6 is 11.6 Å². The van der Waals surface area contributed by atoms with Crippen LogP contribution in [0, 0.1) is 0 Å². The van der Waals surface area contributed by atoms with E-state index in [2.05, 4.69) is 5.32 Å². The lowest BCUT2D eigenvalue weighted by atomic mass is 10.2. The second-order valence-corrected chi connectivity index (χ2v) is 6.15. The fraction of sp³-hybridized carbons (Fsp3) is 0.500. The summed E-state index contributed by atoms with van der Waals surface area (Å²) in [4.78, 5) is 25.2. The zero-order valence-corrected chi connectivity index (χ0v) is 13.3. The van der Waals surface area contributed by atoms with Gasteiger partial charge in [-0.3, -0.25) is 14.5 Å². The number of hydrogen-bond donors (Lipinski definition) is 2. The molecule has 0 aromatic heterocycles. The Morgan fingerprint density at radius 2 is 2.00 bits per heavy atom. The van der Waals surface area contributed by atoms with Crippen LogP contribution in [0.3, 0.4) is 0 Å². The Kier molecular flexibility index (Phi) is 6.21. The van der Waals surface area contributed by atoms with Crippen LogP contribution in [0.2, 0.25) is 5.02 Å². The Hall–Kier alpha value is -1.59. The first kappa shape index (κ1) is 16.8. The number of carbonyl (C=O) groups excluding carboxylic acids is 2. The van der Waals surface area contributed by atoms with E-state index in [-0.39, 0.29) is 25.0 Å². The maximum Gasteiger partial charge on any atom is 0.234 e. The molecule has 1 fully saturated rings. The van der Waals surface area contributed by atoms with Crippen molar-refractivity contribution in [2.75, 3.05) is 13.1 Å². The summed E-state index contributed by atoms with van der Waals surface area (Å²) < 4.78 is 0. The number of primary amides is 1. The van der Waals surface area contributed by atoms with Gasteiger partial charge in [0.25, 0.3) is 0 Å². The van der Waals surface area contributed by atoms with Gasteiger partial charge in [-0.05, 0) is 30.5 Å². The Balaban J connectivity index is 1.86. The molecular formula is C16H22ClN3O2. The summed E-state index contributed by atoms with van der Waals surface area (Å²) in [5.41, 5.74) is 6.24. The molecule has 22 heavy (non-hydrogen) atoms. The first-order valence-corrected chi connectivity index (χ1v) is 7.96. The van der Waals surface area contributed by atoms with Crippen molar-refractivity contribution in [3.8, 4) is 0 Å². The number of halogens is 1. The van der Waals surface area contributed by atoms with E-state index in [1.54, 1.807) is 6.07 Å². The third-order valence-corrected chi connectivity index (χ3v) is 4.16. The summed E-state index contributed by atoms with van der Waals surface area (Å²) in [5.74, 6) is -0.498. The van der Waals surface area contributed by atoms with Crippen molar-refractivity contribution in [1.29, 1.82) is 0 Å². The SMILES string of the molecule is NC(=O)CN(CC(=O)NCc1cccc(Cl)c1)C1CCCC1. The molecule has 1 aromatic carbocycles. The average molecular weight is 324 g/mol. The second-order valence-electron chi connectivity index (χ2n) is 5.72. The van der Waals surface area contributed by atoms with Crippen molar-refractivity contribution < 1.29 is 9.59 Å². The molecule has 0 bridgehead atoms. The van der Waals surface area contributed by atoms with Crippen molar-refractivity contribution in [2.45, 2.75) is 38.3 Å². The largest absolute Gasteiger partial charge is 0.369 e. The minimum absolute atomic E-state index is 0.104. The van der Waals surface area contributed by atoms with Gasteiger partial charge in [-0.25, -0.2) is 0 Å². The van der Waals surface area contributed by atoms with Crippen molar-refractivity contribution in [2.24, 2.45) is 5.73 Å². The van der Waals surface area contributed by atoms with Crippen LogP contribution in [0.25, 0.3) is 0 Å². The molecule has 2 rings (SSSR count). The molecule has 0 atom stereocenters. The molecule has 1 aromatic rings. The van der Waals surface area contributed by atoms with E-state index < -0.39 is 5.91 Å². The van der Waals surface area contributed by atoms with Crippen LogP contribution in [-0.4, -0.2) is 35.8 Å². The predicted molar refractivity (Wildman–Crippen MR) is 86.3 cm³/mol. The highest BCUT2D eigenvalue weighted by atomic mass is 35.5. The van der Waals surface area contributed by atoms with Crippen molar-refractivity contribution in [3.05, 3.63) is 34.9 Å². The van der Waals surface area contributed by atoms with E-state index in [4.69, 9.17) is 17.3 Å². The molecule has 1 saturated carbocycles. The van der Waals surface area contributed by atoms with Crippen LogP contribution in [0.1, 0.15) is 31.2 Å². The number of amides is 2. The number of carbonyl (C=O) groups is 2. The van der Waals surface area contributed by atoms with Crippen LogP contribution in [0.4, 0.5) is 0 Å². The maximum atomic E-state index is 12.1. The topological polar surface area (TPSA) is 75.4 Å². The van der Waals surface area contributed by atoms with Gasteiger partial charge in [0.05, 0.1) is 13.1 Å². The fourth-order valence-electron chi connectivity index (χ4n) is 2.87. The highest BCUT2D eigenvalue weighted by molar-refractivity contribution is 6.30. The molecule has 0 aliphatic heterocycles. The van der Waals surface area contributed by atoms with Gasteiger partial charge in [0.1, 0.15) is 0 Å². The number of hydrogen-bond acceptors (Lipinski definition) is 3. The van der Waals surface area contributed by atoms with Crippen molar-refractivity contribution in [1.82, 2.24) is 10.2 Å². The highest BCUT2D eigenvalue weighted by Gasteiger charge is 2.25. The van der Waals surface area contributed by atoms with Crippen molar-refractivity contribution >= 4 is 23.4 Å².